The third-order valence-corrected chi connectivity index (χ3v) is 3.87. The summed E-state index contributed by atoms with van der Waals surface area (Å²) in [5.41, 5.74) is 0.340. The van der Waals surface area contributed by atoms with Crippen LogP contribution < -0.4 is 5.32 Å². The summed E-state index contributed by atoms with van der Waals surface area (Å²) in [7, 11) is 0. The minimum atomic E-state index is 0.290. The molecule has 1 unspecified atom stereocenters. The van der Waals surface area contributed by atoms with Crippen molar-refractivity contribution in [1.82, 2.24) is 10.2 Å². The number of rotatable bonds is 10. The summed E-state index contributed by atoms with van der Waals surface area (Å²) < 4.78 is 0. The Balaban J connectivity index is 2.40. The summed E-state index contributed by atoms with van der Waals surface area (Å²) in [5, 5.41) is 12.7. The van der Waals surface area contributed by atoms with E-state index in [-0.39, 0.29) is 0 Å². The van der Waals surface area contributed by atoms with Crippen molar-refractivity contribution in [2.45, 2.75) is 52.5 Å². The highest BCUT2D eigenvalue weighted by Gasteiger charge is 2.33. The minimum Gasteiger partial charge on any atom is -0.395 e. The lowest BCUT2D eigenvalue weighted by Gasteiger charge is -2.35. The van der Waals surface area contributed by atoms with E-state index in [0.29, 0.717) is 12.0 Å². The maximum absolute atomic E-state index is 9.14. The first-order chi connectivity index (χ1) is 8.15. The monoisotopic (exact) mass is 242 g/mol. The molecule has 102 valence electrons. The zero-order valence-corrected chi connectivity index (χ0v) is 11.8. The fraction of sp³-hybridized carbons (Fsp3) is 1.00. The Hall–Kier alpha value is -0.120. The van der Waals surface area contributed by atoms with Gasteiger partial charge in [-0.1, -0.05) is 20.8 Å². The Morgan fingerprint density at radius 3 is 2.53 bits per heavy atom. The molecule has 1 aliphatic carbocycles. The van der Waals surface area contributed by atoms with Gasteiger partial charge in [-0.05, 0) is 37.6 Å². The Morgan fingerprint density at radius 1 is 1.35 bits per heavy atom. The van der Waals surface area contributed by atoms with Gasteiger partial charge in [-0.3, -0.25) is 4.90 Å². The Labute approximate surface area is 107 Å². The number of nitrogens with zero attached hydrogens (tertiary/aromatic N) is 1. The van der Waals surface area contributed by atoms with Gasteiger partial charge in [-0.15, -0.1) is 0 Å². The molecule has 0 aromatic heterocycles. The van der Waals surface area contributed by atoms with E-state index in [1.54, 1.807) is 0 Å². The summed E-state index contributed by atoms with van der Waals surface area (Å²) in [6.45, 7) is 11.3. The summed E-state index contributed by atoms with van der Waals surface area (Å²) >= 11 is 0. The van der Waals surface area contributed by atoms with E-state index in [4.69, 9.17) is 5.11 Å². The van der Waals surface area contributed by atoms with Gasteiger partial charge >= 0.3 is 0 Å². The first kappa shape index (κ1) is 14.9. The molecule has 1 aliphatic rings. The van der Waals surface area contributed by atoms with Crippen LogP contribution in [0.5, 0.6) is 0 Å². The van der Waals surface area contributed by atoms with Crippen molar-refractivity contribution in [3.8, 4) is 0 Å². The fourth-order valence-corrected chi connectivity index (χ4v) is 2.31. The third-order valence-electron chi connectivity index (χ3n) is 3.87. The van der Waals surface area contributed by atoms with Crippen LogP contribution in [0.1, 0.15) is 46.5 Å². The SMILES string of the molecule is CCCNCC(C)(CC)CN(CCO)C1CC1. The fourth-order valence-electron chi connectivity index (χ4n) is 2.31. The first-order valence-electron chi connectivity index (χ1n) is 7.21. The molecular formula is C14H30N2O. The van der Waals surface area contributed by atoms with Crippen molar-refractivity contribution in [2.24, 2.45) is 5.41 Å². The van der Waals surface area contributed by atoms with Crippen LogP contribution in [0.25, 0.3) is 0 Å². The normalized spacial score (nSPS) is 19.6. The van der Waals surface area contributed by atoms with Gasteiger partial charge in [0, 0.05) is 25.7 Å². The predicted octanol–water partition coefficient (Wildman–Crippen LogP) is 1.86. The van der Waals surface area contributed by atoms with Gasteiger partial charge in [-0.2, -0.15) is 0 Å². The molecule has 0 saturated heterocycles. The van der Waals surface area contributed by atoms with Crippen LogP contribution in [0.2, 0.25) is 0 Å². The minimum absolute atomic E-state index is 0.290. The van der Waals surface area contributed by atoms with Gasteiger partial charge < -0.3 is 10.4 Å². The number of aliphatic hydroxyl groups excluding tert-OH is 1. The average Bonchev–Trinajstić information content (AvgIpc) is 3.13. The lowest BCUT2D eigenvalue weighted by atomic mass is 9.86. The highest BCUT2D eigenvalue weighted by molar-refractivity contribution is 4.89. The molecule has 0 heterocycles. The first-order valence-corrected chi connectivity index (χ1v) is 7.21. The Kier molecular flexibility index (Phi) is 6.45. The molecule has 0 aliphatic heterocycles. The van der Waals surface area contributed by atoms with Crippen molar-refractivity contribution >= 4 is 0 Å². The summed E-state index contributed by atoms with van der Waals surface area (Å²) in [6.07, 6.45) is 5.03. The maximum atomic E-state index is 9.14. The van der Waals surface area contributed by atoms with Crippen molar-refractivity contribution in [2.75, 3.05) is 32.8 Å². The maximum Gasteiger partial charge on any atom is 0.0558 e. The van der Waals surface area contributed by atoms with E-state index in [0.717, 1.165) is 32.2 Å². The van der Waals surface area contributed by atoms with Gasteiger partial charge in [0.25, 0.3) is 0 Å². The van der Waals surface area contributed by atoms with Crippen LogP contribution in [0, 0.1) is 5.41 Å². The second-order valence-electron chi connectivity index (χ2n) is 5.77. The van der Waals surface area contributed by atoms with E-state index in [9.17, 15) is 0 Å². The molecule has 0 aromatic rings. The predicted molar refractivity (Wildman–Crippen MR) is 73.2 cm³/mol. The second kappa shape index (κ2) is 7.34. The molecule has 17 heavy (non-hydrogen) atoms. The number of hydrogen-bond donors (Lipinski definition) is 2. The van der Waals surface area contributed by atoms with Gasteiger partial charge in [0.1, 0.15) is 0 Å². The molecular weight excluding hydrogens is 212 g/mol. The zero-order chi connectivity index (χ0) is 12.7. The van der Waals surface area contributed by atoms with Crippen molar-refractivity contribution in [3.05, 3.63) is 0 Å². The Morgan fingerprint density at radius 2 is 2.06 bits per heavy atom. The zero-order valence-electron chi connectivity index (χ0n) is 11.8. The van der Waals surface area contributed by atoms with E-state index < -0.39 is 0 Å². The summed E-state index contributed by atoms with van der Waals surface area (Å²) in [4.78, 5) is 2.48. The lowest BCUT2D eigenvalue weighted by molar-refractivity contribution is 0.123. The standard InChI is InChI=1S/C14H30N2O/c1-4-8-15-11-14(3,5-2)12-16(9-10-17)13-6-7-13/h13,15,17H,4-12H2,1-3H3. The molecule has 0 amide bonds. The molecule has 2 N–H and O–H groups in total. The summed E-state index contributed by atoms with van der Waals surface area (Å²) in [5.74, 6) is 0. The van der Waals surface area contributed by atoms with Crippen LogP contribution in [-0.2, 0) is 0 Å². The molecule has 1 saturated carbocycles. The number of hydrogen-bond acceptors (Lipinski definition) is 3. The molecule has 0 bridgehead atoms. The van der Waals surface area contributed by atoms with Crippen molar-refractivity contribution < 1.29 is 5.11 Å². The third kappa shape index (κ3) is 5.36. The van der Waals surface area contributed by atoms with Gasteiger partial charge in [0.2, 0.25) is 0 Å². The van der Waals surface area contributed by atoms with Crippen LogP contribution in [0.4, 0.5) is 0 Å². The van der Waals surface area contributed by atoms with E-state index in [2.05, 4.69) is 31.0 Å². The molecule has 1 rings (SSSR count). The smallest absolute Gasteiger partial charge is 0.0558 e. The topological polar surface area (TPSA) is 35.5 Å². The molecule has 1 atom stereocenters. The number of nitrogens with one attached hydrogen (secondary N) is 1. The van der Waals surface area contributed by atoms with Gasteiger partial charge in [-0.25, -0.2) is 0 Å². The largest absolute Gasteiger partial charge is 0.395 e. The molecule has 1 fully saturated rings. The average molecular weight is 242 g/mol. The van der Waals surface area contributed by atoms with Gasteiger partial charge in [0.15, 0.2) is 0 Å². The van der Waals surface area contributed by atoms with E-state index >= 15 is 0 Å². The van der Waals surface area contributed by atoms with E-state index in [1.807, 2.05) is 0 Å². The lowest BCUT2D eigenvalue weighted by Crippen LogP contribution is -2.44. The van der Waals surface area contributed by atoms with Crippen LogP contribution >= 0.6 is 0 Å². The molecule has 3 heteroatoms. The highest BCUT2D eigenvalue weighted by Crippen LogP contribution is 2.31. The molecule has 0 radical (unpaired) electrons. The Bertz CT molecular complexity index is 206. The highest BCUT2D eigenvalue weighted by atomic mass is 16.3. The van der Waals surface area contributed by atoms with Crippen LogP contribution in [0.15, 0.2) is 0 Å². The quantitative estimate of drug-likeness (QED) is 0.574. The molecule has 0 aromatic carbocycles. The number of aliphatic hydroxyl groups is 1. The molecule has 0 spiro atoms. The van der Waals surface area contributed by atoms with Gasteiger partial charge in [0.05, 0.1) is 6.61 Å². The van der Waals surface area contributed by atoms with Crippen LogP contribution in [-0.4, -0.2) is 48.8 Å². The van der Waals surface area contributed by atoms with Crippen molar-refractivity contribution in [1.29, 1.82) is 0 Å². The van der Waals surface area contributed by atoms with E-state index in [1.165, 1.54) is 25.7 Å². The summed E-state index contributed by atoms with van der Waals surface area (Å²) in [6, 6.07) is 0.749. The second-order valence-corrected chi connectivity index (χ2v) is 5.77. The van der Waals surface area contributed by atoms with Crippen LogP contribution in [0.3, 0.4) is 0 Å². The molecule has 3 nitrogen and oxygen atoms in total. The van der Waals surface area contributed by atoms with Crippen molar-refractivity contribution in [3.63, 3.8) is 0 Å².